The number of rotatable bonds is 1. The standard InChI is InChI=1S/C7H6BrN3OS/c1-10-7(12)11-6-4(3-9)2-5(8)13-6/h2H,1H3,(H2,10,11,12). The third-order valence-corrected chi connectivity index (χ3v) is 2.83. The van der Waals surface area contributed by atoms with Crippen LogP contribution in [0.25, 0.3) is 0 Å². The fourth-order valence-corrected chi connectivity index (χ4v) is 2.15. The summed E-state index contributed by atoms with van der Waals surface area (Å²) in [6, 6.07) is 3.32. The van der Waals surface area contributed by atoms with Crippen molar-refractivity contribution in [2.45, 2.75) is 0 Å². The number of urea groups is 1. The van der Waals surface area contributed by atoms with Crippen molar-refractivity contribution in [1.82, 2.24) is 5.32 Å². The molecular weight excluding hydrogens is 254 g/mol. The van der Waals surface area contributed by atoms with Gasteiger partial charge in [-0.25, -0.2) is 4.79 Å². The summed E-state index contributed by atoms with van der Waals surface area (Å²) >= 11 is 4.54. The molecule has 68 valence electrons. The Hall–Kier alpha value is -1.06. The first kappa shape index (κ1) is 10.0. The molecule has 0 radical (unpaired) electrons. The van der Waals surface area contributed by atoms with Crippen molar-refractivity contribution in [3.63, 3.8) is 0 Å². The molecule has 1 heterocycles. The zero-order valence-corrected chi connectivity index (χ0v) is 9.12. The lowest BCUT2D eigenvalue weighted by Crippen LogP contribution is -2.24. The van der Waals surface area contributed by atoms with Gasteiger partial charge < -0.3 is 5.32 Å². The molecule has 1 aromatic heterocycles. The van der Waals surface area contributed by atoms with E-state index in [1.807, 2.05) is 6.07 Å². The first-order valence-electron chi connectivity index (χ1n) is 3.35. The number of amides is 2. The van der Waals surface area contributed by atoms with E-state index in [1.54, 1.807) is 6.07 Å². The first-order valence-corrected chi connectivity index (χ1v) is 4.96. The Kier molecular flexibility index (Phi) is 3.28. The average molecular weight is 260 g/mol. The van der Waals surface area contributed by atoms with E-state index in [-0.39, 0.29) is 6.03 Å². The summed E-state index contributed by atoms with van der Waals surface area (Å²) in [4.78, 5) is 10.9. The molecule has 1 aromatic rings. The van der Waals surface area contributed by atoms with Gasteiger partial charge in [-0.15, -0.1) is 11.3 Å². The van der Waals surface area contributed by atoms with Crippen molar-refractivity contribution in [1.29, 1.82) is 5.26 Å². The summed E-state index contributed by atoms with van der Waals surface area (Å²) in [6.45, 7) is 0. The van der Waals surface area contributed by atoms with E-state index < -0.39 is 0 Å². The molecule has 1 rings (SSSR count). The van der Waals surface area contributed by atoms with Gasteiger partial charge in [0.25, 0.3) is 0 Å². The van der Waals surface area contributed by atoms with Crippen LogP contribution in [-0.4, -0.2) is 13.1 Å². The van der Waals surface area contributed by atoms with Gasteiger partial charge in [-0.2, -0.15) is 5.26 Å². The molecule has 0 aliphatic heterocycles. The fourth-order valence-electron chi connectivity index (χ4n) is 0.702. The van der Waals surface area contributed by atoms with Crippen LogP contribution in [0.5, 0.6) is 0 Å². The SMILES string of the molecule is CNC(=O)Nc1sc(Br)cc1C#N. The maximum Gasteiger partial charge on any atom is 0.319 e. The Morgan fingerprint density at radius 3 is 3.00 bits per heavy atom. The van der Waals surface area contributed by atoms with Crippen molar-refractivity contribution in [2.75, 3.05) is 12.4 Å². The van der Waals surface area contributed by atoms with Crippen LogP contribution in [0.4, 0.5) is 9.80 Å². The van der Waals surface area contributed by atoms with Gasteiger partial charge in [-0.3, -0.25) is 5.32 Å². The van der Waals surface area contributed by atoms with Gasteiger partial charge in [0.2, 0.25) is 0 Å². The van der Waals surface area contributed by atoms with Crippen molar-refractivity contribution < 1.29 is 4.79 Å². The van der Waals surface area contributed by atoms with Crippen molar-refractivity contribution in [3.8, 4) is 6.07 Å². The molecule has 0 saturated carbocycles. The maximum absolute atomic E-state index is 10.9. The molecule has 0 aliphatic carbocycles. The quantitative estimate of drug-likeness (QED) is 0.812. The molecule has 0 saturated heterocycles. The number of hydrogen-bond acceptors (Lipinski definition) is 3. The van der Waals surface area contributed by atoms with Crippen molar-refractivity contribution in [3.05, 3.63) is 15.4 Å². The van der Waals surface area contributed by atoms with Crippen LogP contribution < -0.4 is 10.6 Å². The summed E-state index contributed by atoms with van der Waals surface area (Å²) in [5, 5.41) is 14.2. The maximum atomic E-state index is 10.9. The van der Waals surface area contributed by atoms with Gasteiger partial charge in [-0.1, -0.05) is 0 Å². The Morgan fingerprint density at radius 1 is 1.77 bits per heavy atom. The molecule has 4 nitrogen and oxygen atoms in total. The molecule has 0 spiro atoms. The molecular formula is C7H6BrN3OS. The van der Waals surface area contributed by atoms with Crippen molar-refractivity contribution in [2.24, 2.45) is 0 Å². The van der Waals surface area contributed by atoms with E-state index in [2.05, 4.69) is 26.6 Å². The van der Waals surface area contributed by atoms with Gasteiger partial charge in [0.15, 0.2) is 0 Å². The molecule has 13 heavy (non-hydrogen) atoms. The van der Waals surface area contributed by atoms with Gasteiger partial charge in [-0.05, 0) is 22.0 Å². The van der Waals surface area contributed by atoms with E-state index in [9.17, 15) is 4.79 Å². The number of nitrogens with one attached hydrogen (secondary N) is 2. The van der Waals surface area contributed by atoms with Crippen LogP contribution >= 0.6 is 27.3 Å². The number of nitrogens with zero attached hydrogens (tertiary/aromatic N) is 1. The van der Waals surface area contributed by atoms with Crippen LogP contribution in [0.1, 0.15) is 5.56 Å². The third kappa shape index (κ3) is 2.44. The third-order valence-electron chi connectivity index (χ3n) is 1.28. The summed E-state index contributed by atoms with van der Waals surface area (Å²) in [5.41, 5.74) is 0.459. The van der Waals surface area contributed by atoms with Crippen LogP contribution in [0.2, 0.25) is 0 Å². The minimum Gasteiger partial charge on any atom is -0.341 e. The molecule has 2 N–H and O–H groups in total. The Balaban J connectivity index is 2.88. The van der Waals surface area contributed by atoms with Crippen LogP contribution in [0, 0.1) is 11.3 Å². The molecule has 0 aromatic carbocycles. The Bertz CT molecular complexity index is 368. The number of hydrogen-bond donors (Lipinski definition) is 2. The summed E-state index contributed by atoms with van der Waals surface area (Å²) in [5.74, 6) is 0. The zero-order valence-electron chi connectivity index (χ0n) is 6.72. The monoisotopic (exact) mass is 259 g/mol. The molecule has 0 bridgehead atoms. The van der Waals surface area contributed by atoms with Gasteiger partial charge in [0.05, 0.1) is 9.35 Å². The second-order valence-electron chi connectivity index (χ2n) is 2.11. The van der Waals surface area contributed by atoms with Crippen LogP contribution in [0.3, 0.4) is 0 Å². The molecule has 0 aliphatic rings. The second-order valence-corrected chi connectivity index (χ2v) is 4.54. The number of nitriles is 1. The van der Waals surface area contributed by atoms with Gasteiger partial charge in [0, 0.05) is 7.05 Å². The highest BCUT2D eigenvalue weighted by atomic mass is 79.9. The average Bonchev–Trinajstić information content (AvgIpc) is 2.46. The highest BCUT2D eigenvalue weighted by molar-refractivity contribution is 9.11. The summed E-state index contributed by atoms with van der Waals surface area (Å²) in [7, 11) is 1.52. The molecule has 0 fully saturated rings. The highest BCUT2D eigenvalue weighted by Crippen LogP contribution is 2.31. The lowest BCUT2D eigenvalue weighted by molar-refractivity contribution is 0.254. The minimum absolute atomic E-state index is 0.328. The van der Waals surface area contributed by atoms with E-state index in [0.717, 1.165) is 3.79 Å². The van der Waals surface area contributed by atoms with Crippen molar-refractivity contribution >= 4 is 38.3 Å². The Labute approximate surface area is 87.7 Å². The molecule has 6 heteroatoms. The second kappa shape index (κ2) is 4.25. The lowest BCUT2D eigenvalue weighted by atomic mass is 10.3. The molecule has 0 atom stereocenters. The summed E-state index contributed by atoms with van der Waals surface area (Å²) in [6.07, 6.45) is 0. The van der Waals surface area contributed by atoms with E-state index in [1.165, 1.54) is 18.4 Å². The summed E-state index contributed by atoms with van der Waals surface area (Å²) < 4.78 is 0.815. The topological polar surface area (TPSA) is 64.9 Å². The normalized spacial score (nSPS) is 9.00. The number of carbonyl (C=O) groups is 1. The van der Waals surface area contributed by atoms with E-state index in [4.69, 9.17) is 5.26 Å². The fraction of sp³-hybridized carbons (Fsp3) is 0.143. The lowest BCUT2D eigenvalue weighted by Gasteiger charge is -1.99. The largest absolute Gasteiger partial charge is 0.341 e. The van der Waals surface area contributed by atoms with Gasteiger partial charge >= 0.3 is 6.03 Å². The van der Waals surface area contributed by atoms with Gasteiger partial charge in [0.1, 0.15) is 11.1 Å². The van der Waals surface area contributed by atoms with E-state index >= 15 is 0 Å². The Morgan fingerprint density at radius 2 is 2.46 bits per heavy atom. The van der Waals surface area contributed by atoms with E-state index in [0.29, 0.717) is 10.6 Å². The zero-order chi connectivity index (χ0) is 9.84. The predicted octanol–water partition coefficient (Wildman–Crippen LogP) is 2.13. The number of carbonyl (C=O) groups excluding carboxylic acids is 1. The minimum atomic E-state index is -0.328. The highest BCUT2D eigenvalue weighted by Gasteiger charge is 2.08. The van der Waals surface area contributed by atoms with Crippen LogP contribution in [0.15, 0.2) is 9.85 Å². The molecule has 2 amide bonds. The smallest absolute Gasteiger partial charge is 0.319 e. The molecule has 0 unspecified atom stereocenters. The number of halogens is 1. The first-order chi connectivity index (χ1) is 6.17. The number of anilines is 1. The van der Waals surface area contributed by atoms with Crippen LogP contribution in [-0.2, 0) is 0 Å². The predicted molar refractivity (Wildman–Crippen MR) is 54.8 cm³/mol. The number of thiophene rings is 1.